The predicted molar refractivity (Wildman–Crippen MR) is 122 cm³/mol. The summed E-state index contributed by atoms with van der Waals surface area (Å²) < 4.78 is 44.7. The van der Waals surface area contributed by atoms with Gasteiger partial charge in [0.1, 0.15) is 17.6 Å². The summed E-state index contributed by atoms with van der Waals surface area (Å²) in [5, 5.41) is 23.0. The van der Waals surface area contributed by atoms with Crippen molar-refractivity contribution in [2.75, 3.05) is 37.6 Å². The first-order chi connectivity index (χ1) is 16.7. The molecule has 186 valence electrons. The molecule has 1 aromatic carbocycles. The van der Waals surface area contributed by atoms with Crippen LogP contribution in [0.4, 0.5) is 18.9 Å². The average molecular weight is 489 g/mol. The van der Waals surface area contributed by atoms with E-state index in [1.807, 2.05) is 24.3 Å². The van der Waals surface area contributed by atoms with Crippen molar-refractivity contribution in [2.45, 2.75) is 31.9 Å². The lowest BCUT2D eigenvalue weighted by atomic mass is 10.1. The topological polar surface area (TPSA) is 90.8 Å². The molecule has 11 heteroatoms. The highest BCUT2D eigenvalue weighted by Crippen LogP contribution is 2.22. The van der Waals surface area contributed by atoms with Gasteiger partial charge in [0.2, 0.25) is 5.76 Å². The van der Waals surface area contributed by atoms with E-state index in [0.29, 0.717) is 50.0 Å². The number of aliphatic hydroxyl groups excluding tert-OH is 2. The first kappa shape index (κ1) is 24.8. The van der Waals surface area contributed by atoms with Crippen molar-refractivity contribution < 1.29 is 27.9 Å². The molecule has 0 spiro atoms. The maximum absolute atomic E-state index is 12.6. The van der Waals surface area contributed by atoms with E-state index < -0.39 is 24.9 Å². The molecule has 2 atom stereocenters. The van der Waals surface area contributed by atoms with E-state index in [-0.39, 0.29) is 0 Å². The van der Waals surface area contributed by atoms with Crippen LogP contribution >= 0.6 is 0 Å². The minimum Gasteiger partial charge on any atom is -0.385 e. The highest BCUT2D eigenvalue weighted by Gasteiger charge is 2.39. The lowest BCUT2D eigenvalue weighted by Crippen LogP contribution is -2.50. The SMILES string of the molecule is C[C@H](O)c1nccn1Cc1cc(C#Cc2ccc(N3CCN(CC(O)C(F)(F)F)CC3)cc2)on1. The number of halogens is 3. The molecule has 0 radical (unpaired) electrons. The number of hydrogen-bond donors (Lipinski definition) is 2. The number of anilines is 1. The number of aliphatic hydroxyl groups is 2. The van der Waals surface area contributed by atoms with Crippen LogP contribution in [-0.4, -0.2) is 74.8 Å². The van der Waals surface area contributed by atoms with Crippen LogP contribution in [0.3, 0.4) is 0 Å². The van der Waals surface area contributed by atoms with Crippen LogP contribution in [0.5, 0.6) is 0 Å². The first-order valence-electron chi connectivity index (χ1n) is 11.2. The summed E-state index contributed by atoms with van der Waals surface area (Å²) in [5.74, 6) is 6.94. The number of benzene rings is 1. The molecule has 0 bridgehead atoms. The molecule has 0 saturated carbocycles. The Kier molecular flexibility index (Phi) is 7.45. The Morgan fingerprint density at radius 3 is 2.46 bits per heavy atom. The number of rotatable bonds is 6. The molecule has 8 nitrogen and oxygen atoms in total. The molecule has 2 aromatic heterocycles. The van der Waals surface area contributed by atoms with Crippen molar-refractivity contribution in [3.8, 4) is 11.8 Å². The van der Waals surface area contributed by atoms with Gasteiger partial charge >= 0.3 is 6.18 Å². The van der Waals surface area contributed by atoms with Crippen LogP contribution in [0, 0.1) is 11.8 Å². The van der Waals surface area contributed by atoms with E-state index in [9.17, 15) is 23.4 Å². The van der Waals surface area contributed by atoms with Crippen molar-refractivity contribution in [2.24, 2.45) is 0 Å². The zero-order chi connectivity index (χ0) is 25.0. The molecular weight excluding hydrogens is 463 g/mol. The standard InChI is InChI=1S/C24H26F3N5O3/c1-17(33)23-28-8-9-32(23)15-19-14-21(35-29-19)7-4-18-2-5-20(6-3-18)31-12-10-30(11-13-31)16-22(34)24(25,26)27/h2-3,5-6,8-9,14,17,22,33-34H,10-13,15-16H2,1H3/t17-,22?/m0/s1. The summed E-state index contributed by atoms with van der Waals surface area (Å²) in [5.41, 5.74) is 2.40. The van der Waals surface area contributed by atoms with Gasteiger partial charge in [-0.3, -0.25) is 4.90 Å². The van der Waals surface area contributed by atoms with E-state index in [2.05, 4.69) is 26.9 Å². The zero-order valence-electron chi connectivity index (χ0n) is 19.1. The Balaban J connectivity index is 1.31. The molecule has 0 amide bonds. The van der Waals surface area contributed by atoms with Crippen LogP contribution in [-0.2, 0) is 6.54 Å². The highest BCUT2D eigenvalue weighted by molar-refractivity contribution is 5.51. The van der Waals surface area contributed by atoms with Crippen LogP contribution in [0.2, 0.25) is 0 Å². The molecular formula is C24H26F3N5O3. The molecule has 1 fully saturated rings. The lowest BCUT2D eigenvalue weighted by Gasteiger charge is -2.37. The third-order valence-corrected chi connectivity index (χ3v) is 5.76. The summed E-state index contributed by atoms with van der Waals surface area (Å²) in [4.78, 5) is 7.84. The lowest BCUT2D eigenvalue weighted by molar-refractivity contribution is -0.208. The third-order valence-electron chi connectivity index (χ3n) is 5.76. The Hall–Kier alpha value is -3.33. The van der Waals surface area contributed by atoms with Gasteiger partial charge in [0.25, 0.3) is 0 Å². The van der Waals surface area contributed by atoms with E-state index in [1.165, 1.54) is 0 Å². The van der Waals surface area contributed by atoms with Crippen molar-refractivity contribution in [3.63, 3.8) is 0 Å². The quantitative estimate of drug-likeness (QED) is 0.514. The fourth-order valence-electron chi connectivity index (χ4n) is 3.87. The van der Waals surface area contributed by atoms with Crippen LogP contribution in [0.1, 0.15) is 35.9 Å². The fourth-order valence-corrected chi connectivity index (χ4v) is 3.87. The predicted octanol–water partition coefficient (Wildman–Crippen LogP) is 2.42. The molecule has 1 saturated heterocycles. The molecule has 3 aromatic rings. The Labute approximate surface area is 200 Å². The van der Waals surface area contributed by atoms with Crippen molar-refractivity contribution >= 4 is 5.69 Å². The van der Waals surface area contributed by atoms with Gasteiger partial charge in [0, 0.05) is 62.4 Å². The van der Waals surface area contributed by atoms with Crippen molar-refractivity contribution in [1.29, 1.82) is 0 Å². The average Bonchev–Trinajstić information content (AvgIpc) is 3.48. The number of β-amino-alcohol motifs (C(OH)–C–C–N with tert-alkyl or cyclic N) is 1. The second kappa shape index (κ2) is 10.5. The summed E-state index contributed by atoms with van der Waals surface area (Å²) in [6, 6.07) is 9.33. The molecule has 1 aliphatic heterocycles. The number of aromatic nitrogens is 3. The van der Waals surface area contributed by atoms with Crippen LogP contribution in [0.25, 0.3) is 0 Å². The van der Waals surface area contributed by atoms with Gasteiger partial charge in [0.15, 0.2) is 6.10 Å². The zero-order valence-corrected chi connectivity index (χ0v) is 19.1. The summed E-state index contributed by atoms with van der Waals surface area (Å²) >= 11 is 0. The van der Waals surface area contributed by atoms with Crippen molar-refractivity contribution in [1.82, 2.24) is 19.6 Å². The number of alkyl halides is 3. The Bertz CT molecular complexity index is 1170. The number of piperazine rings is 1. The fraction of sp³-hybridized carbons (Fsp3) is 0.417. The van der Waals surface area contributed by atoms with Gasteiger partial charge in [-0.05, 0) is 37.1 Å². The van der Waals surface area contributed by atoms with Gasteiger partial charge in [-0.2, -0.15) is 13.2 Å². The van der Waals surface area contributed by atoms with Gasteiger partial charge in [0.05, 0.1) is 6.54 Å². The second-order valence-corrected chi connectivity index (χ2v) is 8.41. The Morgan fingerprint density at radius 2 is 1.80 bits per heavy atom. The highest BCUT2D eigenvalue weighted by atomic mass is 19.4. The number of hydrogen-bond acceptors (Lipinski definition) is 7. The minimum atomic E-state index is -4.59. The van der Waals surface area contributed by atoms with E-state index in [4.69, 9.17) is 4.52 Å². The normalized spacial score (nSPS) is 16.6. The maximum Gasteiger partial charge on any atom is 0.415 e. The summed E-state index contributed by atoms with van der Waals surface area (Å²) in [6.07, 6.45) is -4.23. The van der Waals surface area contributed by atoms with Gasteiger partial charge in [-0.15, -0.1) is 0 Å². The van der Waals surface area contributed by atoms with Crippen LogP contribution in [0.15, 0.2) is 47.2 Å². The van der Waals surface area contributed by atoms with Gasteiger partial charge in [-0.1, -0.05) is 11.1 Å². The summed E-state index contributed by atoms with van der Waals surface area (Å²) in [6.45, 7) is 3.68. The van der Waals surface area contributed by atoms with E-state index in [0.717, 1.165) is 11.3 Å². The second-order valence-electron chi connectivity index (χ2n) is 8.41. The van der Waals surface area contributed by atoms with Gasteiger partial charge in [-0.25, -0.2) is 4.98 Å². The maximum atomic E-state index is 12.6. The molecule has 4 rings (SSSR count). The first-order valence-corrected chi connectivity index (χ1v) is 11.2. The number of imidazole rings is 1. The third kappa shape index (κ3) is 6.42. The molecule has 1 aliphatic rings. The van der Waals surface area contributed by atoms with E-state index >= 15 is 0 Å². The van der Waals surface area contributed by atoms with Gasteiger partial charge < -0.3 is 24.2 Å². The molecule has 2 N–H and O–H groups in total. The monoisotopic (exact) mass is 489 g/mol. The largest absolute Gasteiger partial charge is 0.415 e. The van der Waals surface area contributed by atoms with Crippen molar-refractivity contribution in [3.05, 3.63) is 65.6 Å². The summed E-state index contributed by atoms with van der Waals surface area (Å²) in [7, 11) is 0. The molecule has 3 heterocycles. The minimum absolute atomic E-state index is 0.404. The Morgan fingerprint density at radius 1 is 1.09 bits per heavy atom. The molecule has 0 aliphatic carbocycles. The van der Waals surface area contributed by atoms with E-state index in [1.54, 1.807) is 34.9 Å². The molecule has 35 heavy (non-hydrogen) atoms. The smallest absolute Gasteiger partial charge is 0.385 e. The van der Waals surface area contributed by atoms with Crippen LogP contribution < -0.4 is 4.90 Å². The molecule has 1 unspecified atom stereocenters. The number of nitrogens with zero attached hydrogens (tertiary/aromatic N) is 5.